The SMILES string of the molecule is Cc1cnc(C(F)(F)F)c(-n2nc(C)nc2[C@@H]2OC3COC(c4ccccc4)O[C@@H]3C(NNC(=O)OC(C)(C)C)C2O)c1. The molecule has 15 heteroatoms. The van der Waals surface area contributed by atoms with Crippen LogP contribution in [0.15, 0.2) is 42.6 Å². The van der Waals surface area contributed by atoms with Crippen LogP contribution in [-0.4, -0.2) is 67.5 Å². The average Bonchev–Trinajstić information content (AvgIpc) is 3.32. The third kappa shape index (κ3) is 6.80. The molecule has 0 spiro atoms. The molecule has 232 valence electrons. The third-order valence-corrected chi connectivity index (χ3v) is 6.72. The van der Waals surface area contributed by atoms with E-state index in [2.05, 4.69) is 25.9 Å². The number of fused-ring (bicyclic) bond motifs is 1. The van der Waals surface area contributed by atoms with Crippen molar-refractivity contribution in [3.05, 3.63) is 71.1 Å². The summed E-state index contributed by atoms with van der Waals surface area (Å²) in [5.41, 5.74) is 4.05. The number of aromatic nitrogens is 4. The molecule has 6 atom stereocenters. The Morgan fingerprint density at radius 3 is 2.53 bits per heavy atom. The van der Waals surface area contributed by atoms with Gasteiger partial charge in [0.2, 0.25) is 0 Å². The van der Waals surface area contributed by atoms with Gasteiger partial charge in [0.05, 0.1) is 18.3 Å². The van der Waals surface area contributed by atoms with Gasteiger partial charge in [0.1, 0.15) is 35.8 Å². The quantitative estimate of drug-likeness (QED) is 0.369. The molecule has 0 radical (unpaired) electrons. The first-order chi connectivity index (χ1) is 20.2. The van der Waals surface area contributed by atoms with Crippen LogP contribution in [0.5, 0.6) is 0 Å². The van der Waals surface area contributed by atoms with E-state index in [4.69, 9.17) is 18.9 Å². The van der Waals surface area contributed by atoms with E-state index < -0.39 is 60.3 Å². The van der Waals surface area contributed by atoms with Gasteiger partial charge in [0, 0.05) is 11.8 Å². The van der Waals surface area contributed by atoms with Crippen LogP contribution in [0, 0.1) is 13.8 Å². The first kappa shape index (κ1) is 30.8. The molecular formula is C28H33F3N6O6. The second-order valence-corrected chi connectivity index (χ2v) is 11.4. The van der Waals surface area contributed by atoms with Crippen molar-refractivity contribution in [1.29, 1.82) is 0 Å². The average molecular weight is 607 g/mol. The summed E-state index contributed by atoms with van der Waals surface area (Å²) < 4.78 is 66.6. The van der Waals surface area contributed by atoms with Gasteiger partial charge >= 0.3 is 12.3 Å². The molecule has 2 saturated heterocycles. The standard InChI is InChI=1S/C28H33F3N6O6/c1-14-11-17(23(32-12-14)28(29,30)31)37-24(33-15(2)36-37)22-20(38)19(34-35-26(39)43-27(3,4)5)21-18(41-22)13-40-25(42-21)16-9-7-6-8-10-16/h6-12,18-22,25,34,38H,13H2,1-5H3,(H,35,39)/t18?,19?,20?,21-,22+,25?/m0/s1. The van der Waals surface area contributed by atoms with Crippen molar-refractivity contribution in [2.75, 3.05) is 6.61 Å². The Balaban J connectivity index is 1.50. The number of nitrogens with zero attached hydrogens (tertiary/aromatic N) is 4. The summed E-state index contributed by atoms with van der Waals surface area (Å²) in [6.07, 6.45) is -9.82. The van der Waals surface area contributed by atoms with E-state index in [-0.39, 0.29) is 23.9 Å². The highest BCUT2D eigenvalue weighted by atomic mass is 19.4. The van der Waals surface area contributed by atoms with Gasteiger partial charge in [-0.15, -0.1) is 0 Å². The van der Waals surface area contributed by atoms with Gasteiger partial charge in [0.25, 0.3) is 0 Å². The fourth-order valence-electron chi connectivity index (χ4n) is 4.97. The van der Waals surface area contributed by atoms with E-state index in [1.807, 2.05) is 30.3 Å². The molecule has 0 bridgehead atoms. The lowest BCUT2D eigenvalue weighted by atomic mass is 9.91. The summed E-state index contributed by atoms with van der Waals surface area (Å²) in [4.78, 5) is 20.4. The van der Waals surface area contributed by atoms with Crippen LogP contribution in [0.1, 0.15) is 61.6 Å². The Hall–Kier alpha value is -3.63. The number of hydrogen-bond acceptors (Lipinski definition) is 10. The van der Waals surface area contributed by atoms with E-state index in [0.29, 0.717) is 5.56 Å². The lowest BCUT2D eigenvalue weighted by molar-refractivity contribution is -0.313. The number of carbonyl (C=O) groups excluding carboxylic acids is 1. The molecule has 2 aliphatic heterocycles. The number of hydrazine groups is 1. The Kier molecular flexibility index (Phi) is 8.46. The van der Waals surface area contributed by atoms with Gasteiger partial charge in [-0.2, -0.15) is 18.3 Å². The maximum Gasteiger partial charge on any atom is 0.435 e. The summed E-state index contributed by atoms with van der Waals surface area (Å²) >= 11 is 0. The molecule has 2 aromatic heterocycles. The Labute approximate surface area is 245 Å². The molecule has 43 heavy (non-hydrogen) atoms. The van der Waals surface area contributed by atoms with E-state index in [0.717, 1.165) is 16.4 Å². The van der Waals surface area contributed by atoms with Gasteiger partial charge in [-0.1, -0.05) is 30.3 Å². The lowest BCUT2D eigenvalue weighted by Gasteiger charge is -2.48. The first-order valence-corrected chi connectivity index (χ1v) is 13.6. The molecule has 4 unspecified atom stereocenters. The number of amides is 1. The Morgan fingerprint density at radius 1 is 1.14 bits per heavy atom. The minimum Gasteiger partial charge on any atom is -0.443 e. The van der Waals surface area contributed by atoms with Crippen molar-refractivity contribution in [2.24, 2.45) is 0 Å². The molecule has 0 saturated carbocycles. The van der Waals surface area contributed by atoms with E-state index in [1.165, 1.54) is 13.0 Å². The predicted octanol–water partition coefficient (Wildman–Crippen LogP) is 3.61. The molecule has 2 aliphatic rings. The second-order valence-electron chi connectivity index (χ2n) is 11.4. The molecule has 3 aromatic rings. The number of halogens is 3. The van der Waals surface area contributed by atoms with Crippen LogP contribution in [0.25, 0.3) is 5.69 Å². The summed E-state index contributed by atoms with van der Waals surface area (Å²) in [5.74, 6) is 0.0369. The molecule has 2 fully saturated rings. The van der Waals surface area contributed by atoms with Crippen LogP contribution >= 0.6 is 0 Å². The zero-order chi connectivity index (χ0) is 31.1. The molecular weight excluding hydrogens is 573 g/mol. The normalized spacial score (nSPS) is 26.1. The smallest absolute Gasteiger partial charge is 0.435 e. The van der Waals surface area contributed by atoms with Crippen LogP contribution in [-0.2, 0) is 25.1 Å². The van der Waals surface area contributed by atoms with Crippen molar-refractivity contribution in [3.63, 3.8) is 0 Å². The minimum atomic E-state index is -4.80. The van der Waals surface area contributed by atoms with Gasteiger partial charge in [0.15, 0.2) is 17.8 Å². The minimum absolute atomic E-state index is 0.00495. The molecule has 1 amide bonds. The monoisotopic (exact) mass is 606 g/mol. The van der Waals surface area contributed by atoms with Crippen molar-refractivity contribution in [1.82, 2.24) is 30.6 Å². The molecule has 1 aromatic carbocycles. The van der Waals surface area contributed by atoms with Gasteiger partial charge in [-0.25, -0.2) is 24.9 Å². The zero-order valence-corrected chi connectivity index (χ0v) is 24.1. The summed E-state index contributed by atoms with van der Waals surface area (Å²) in [6.45, 7) is 8.19. The van der Waals surface area contributed by atoms with Crippen LogP contribution in [0.4, 0.5) is 18.0 Å². The number of rotatable bonds is 5. The van der Waals surface area contributed by atoms with Crippen molar-refractivity contribution < 1.29 is 42.0 Å². The van der Waals surface area contributed by atoms with Gasteiger partial charge in [-0.05, 0) is 46.2 Å². The molecule has 12 nitrogen and oxygen atoms in total. The highest BCUT2D eigenvalue weighted by molar-refractivity contribution is 5.67. The maximum atomic E-state index is 14.0. The molecule has 5 rings (SSSR count). The summed E-state index contributed by atoms with van der Waals surface area (Å²) in [6, 6.07) is 9.34. The summed E-state index contributed by atoms with van der Waals surface area (Å²) in [7, 11) is 0. The lowest BCUT2D eigenvalue weighted by Crippen LogP contribution is -2.66. The van der Waals surface area contributed by atoms with Crippen LogP contribution < -0.4 is 10.9 Å². The van der Waals surface area contributed by atoms with Gasteiger partial charge in [-0.3, -0.25) is 5.43 Å². The largest absolute Gasteiger partial charge is 0.443 e. The van der Waals surface area contributed by atoms with Crippen molar-refractivity contribution in [2.45, 2.75) is 83.1 Å². The summed E-state index contributed by atoms with van der Waals surface area (Å²) in [5, 5.41) is 15.9. The van der Waals surface area contributed by atoms with E-state index in [9.17, 15) is 23.1 Å². The Bertz CT molecular complexity index is 1450. The number of alkyl halides is 3. The van der Waals surface area contributed by atoms with E-state index >= 15 is 0 Å². The molecule has 0 aliphatic carbocycles. The number of aliphatic hydroxyl groups is 1. The predicted molar refractivity (Wildman–Crippen MR) is 144 cm³/mol. The second kappa shape index (κ2) is 11.8. The number of aliphatic hydroxyl groups excluding tert-OH is 1. The fourth-order valence-corrected chi connectivity index (χ4v) is 4.97. The number of benzene rings is 1. The van der Waals surface area contributed by atoms with E-state index in [1.54, 1.807) is 27.7 Å². The number of ether oxygens (including phenoxy) is 4. The molecule has 3 N–H and O–H groups in total. The first-order valence-electron chi connectivity index (χ1n) is 13.6. The van der Waals surface area contributed by atoms with Crippen LogP contribution in [0.2, 0.25) is 0 Å². The van der Waals surface area contributed by atoms with Gasteiger partial charge < -0.3 is 24.1 Å². The van der Waals surface area contributed by atoms with Crippen molar-refractivity contribution in [3.8, 4) is 5.69 Å². The highest BCUT2D eigenvalue weighted by Gasteiger charge is 2.52. The number of hydrogen-bond donors (Lipinski definition) is 3. The maximum absolute atomic E-state index is 14.0. The topological polar surface area (TPSA) is 142 Å². The molecule has 4 heterocycles. The number of carbonyl (C=O) groups is 1. The number of nitrogens with one attached hydrogen (secondary N) is 2. The zero-order valence-electron chi connectivity index (χ0n) is 24.1. The fraction of sp³-hybridized carbons (Fsp3) is 0.500. The number of pyridine rings is 1. The highest BCUT2D eigenvalue weighted by Crippen LogP contribution is 2.40. The van der Waals surface area contributed by atoms with Crippen LogP contribution in [0.3, 0.4) is 0 Å². The third-order valence-electron chi connectivity index (χ3n) is 6.72. The Morgan fingerprint density at radius 2 is 1.86 bits per heavy atom. The number of aryl methyl sites for hydroxylation is 2. The van der Waals surface area contributed by atoms with Crippen molar-refractivity contribution >= 4 is 6.09 Å².